The van der Waals surface area contributed by atoms with Crippen molar-refractivity contribution >= 4 is 15.7 Å². The first-order chi connectivity index (χ1) is 12.6. The molecule has 1 heterocycles. The van der Waals surface area contributed by atoms with Gasteiger partial charge in [0.1, 0.15) is 12.1 Å². The van der Waals surface area contributed by atoms with Crippen molar-refractivity contribution in [3.8, 4) is 17.1 Å². The van der Waals surface area contributed by atoms with Crippen molar-refractivity contribution in [3.63, 3.8) is 0 Å². The molecule has 0 bridgehead atoms. The van der Waals surface area contributed by atoms with Gasteiger partial charge in [0.25, 0.3) is 10.0 Å². The highest BCUT2D eigenvalue weighted by Gasteiger charge is 2.31. The first-order valence-corrected chi connectivity index (χ1v) is 8.95. The van der Waals surface area contributed by atoms with Gasteiger partial charge in [-0.3, -0.25) is 4.72 Å². The quantitative estimate of drug-likeness (QED) is 0.713. The molecule has 0 saturated carbocycles. The third-order valence-electron chi connectivity index (χ3n) is 3.47. The Hall–Kier alpha value is -3.08. The summed E-state index contributed by atoms with van der Waals surface area (Å²) in [5.74, 6) is 0.110. The average molecular weight is 398 g/mol. The van der Waals surface area contributed by atoms with Gasteiger partial charge in [0.2, 0.25) is 0 Å². The van der Waals surface area contributed by atoms with Crippen molar-refractivity contribution in [1.82, 2.24) is 14.8 Å². The molecule has 3 aromatic rings. The molecule has 0 aliphatic carbocycles. The minimum Gasteiger partial charge on any atom is -0.406 e. The Kier molecular flexibility index (Phi) is 4.79. The van der Waals surface area contributed by atoms with Crippen molar-refractivity contribution in [2.24, 2.45) is 7.05 Å². The summed E-state index contributed by atoms with van der Waals surface area (Å²) in [6, 6.07) is 10.3. The Morgan fingerprint density at radius 3 is 2.19 bits per heavy atom. The summed E-state index contributed by atoms with van der Waals surface area (Å²) < 4.78 is 69.0. The molecule has 142 valence electrons. The van der Waals surface area contributed by atoms with Gasteiger partial charge in [-0.2, -0.15) is 0 Å². The third-order valence-corrected chi connectivity index (χ3v) is 4.87. The van der Waals surface area contributed by atoms with Gasteiger partial charge in [-0.05, 0) is 48.5 Å². The van der Waals surface area contributed by atoms with E-state index in [1.54, 1.807) is 35.9 Å². The second kappa shape index (κ2) is 6.91. The Morgan fingerprint density at radius 2 is 1.67 bits per heavy atom. The lowest BCUT2D eigenvalue weighted by molar-refractivity contribution is -0.274. The number of halogens is 3. The number of hydrogen-bond acceptors (Lipinski definition) is 5. The maximum absolute atomic E-state index is 12.4. The standard InChI is InChI=1S/C16H13F3N4O3S/c1-23-10-20-21-15(23)11-2-4-12(5-3-11)22-27(24,25)14-8-6-13(7-9-14)26-16(17,18)19/h2-10,22H,1H3. The monoisotopic (exact) mass is 398 g/mol. The van der Waals surface area contributed by atoms with Gasteiger partial charge in [-0.15, -0.1) is 23.4 Å². The number of anilines is 1. The van der Waals surface area contributed by atoms with E-state index in [0.29, 0.717) is 5.82 Å². The number of nitrogens with one attached hydrogen (secondary N) is 1. The second-order valence-corrected chi connectivity index (χ2v) is 7.15. The largest absolute Gasteiger partial charge is 0.573 e. The van der Waals surface area contributed by atoms with Crippen LogP contribution in [0.2, 0.25) is 0 Å². The van der Waals surface area contributed by atoms with Gasteiger partial charge in [0.15, 0.2) is 5.82 Å². The molecule has 3 rings (SSSR count). The molecule has 0 amide bonds. The van der Waals surface area contributed by atoms with E-state index in [9.17, 15) is 21.6 Å². The molecule has 2 aromatic carbocycles. The minimum absolute atomic E-state index is 0.200. The Morgan fingerprint density at radius 1 is 1.04 bits per heavy atom. The predicted molar refractivity (Wildman–Crippen MR) is 90.4 cm³/mol. The highest BCUT2D eigenvalue weighted by Crippen LogP contribution is 2.25. The Balaban J connectivity index is 1.75. The highest BCUT2D eigenvalue weighted by molar-refractivity contribution is 7.92. The summed E-state index contributed by atoms with van der Waals surface area (Å²) in [4.78, 5) is -0.200. The zero-order valence-electron chi connectivity index (χ0n) is 13.8. The van der Waals surface area contributed by atoms with Crippen LogP contribution in [-0.2, 0) is 17.1 Å². The molecule has 1 aromatic heterocycles. The predicted octanol–water partition coefficient (Wildman–Crippen LogP) is 3.18. The smallest absolute Gasteiger partial charge is 0.406 e. The van der Waals surface area contributed by atoms with Gasteiger partial charge in [-0.1, -0.05) is 0 Å². The molecule has 0 unspecified atom stereocenters. The van der Waals surface area contributed by atoms with Crippen molar-refractivity contribution < 1.29 is 26.3 Å². The van der Waals surface area contributed by atoms with Crippen LogP contribution in [0.1, 0.15) is 0 Å². The zero-order chi connectivity index (χ0) is 19.7. The molecule has 0 fully saturated rings. The summed E-state index contributed by atoms with van der Waals surface area (Å²) >= 11 is 0. The van der Waals surface area contributed by atoms with Crippen LogP contribution in [-0.4, -0.2) is 29.5 Å². The Labute approximate surface area is 152 Å². The van der Waals surface area contributed by atoms with Crippen molar-refractivity contribution in [2.45, 2.75) is 11.3 Å². The summed E-state index contributed by atoms with van der Waals surface area (Å²) in [7, 11) is -2.19. The van der Waals surface area contributed by atoms with Crippen LogP contribution in [0.25, 0.3) is 11.4 Å². The summed E-state index contributed by atoms with van der Waals surface area (Å²) in [5.41, 5.74) is 1.03. The van der Waals surface area contributed by atoms with Gasteiger partial charge < -0.3 is 9.30 Å². The third kappa shape index (κ3) is 4.56. The van der Waals surface area contributed by atoms with E-state index in [-0.39, 0.29) is 10.6 Å². The van der Waals surface area contributed by atoms with Crippen LogP contribution in [0.3, 0.4) is 0 Å². The van der Waals surface area contributed by atoms with Crippen molar-refractivity contribution in [2.75, 3.05) is 4.72 Å². The maximum atomic E-state index is 12.4. The molecule has 0 aliphatic rings. The number of aryl methyl sites for hydroxylation is 1. The second-order valence-electron chi connectivity index (χ2n) is 5.47. The maximum Gasteiger partial charge on any atom is 0.573 e. The van der Waals surface area contributed by atoms with Crippen molar-refractivity contribution in [3.05, 3.63) is 54.9 Å². The number of sulfonamides is 1. The normalized spacial score (nSPS) is 12.0. The van der Waals surface area contributed by atoms with Crippen molar-refractivity contribution in [1.29, 1.82) is 0 Å². The van der Waals surface area contributed by atoms with Crippen LogP contribution in [0.4, 0.5) is 18.9 Å². The lowest BCUT2D eigenvalue weighted by Crippen LogP contribution is -2.17. The molecule has 7 nitrogen and oxygen atoms in total. The zero-order valence-corrected chi connectivity index (χ0v) is 14.6. The molecular weight excluding hydrogens is 385 g/mol. The van der Waals surface area contributed by atoms with E-state index in [1.807, 2.05) is 0 Å². The van der Waals surface area contributed by atoms with E-state index < -0.39 is 22.1 Å². The SMILES string of the molecule is Cn1cnnc1-c1ccc(NS(=O)(=O)c2ccc(OC(F)(F)F)cc2)cc1. The minimum atomic E-state index is -4.84. The van der Waals surface area contributed by atoms with Gasteiger partial charge in [0.05, 0.1) is 4.90 Å². The molecule has 0 radical (unpaired) electrons. The fraction of sp³-hybridized carbons (Fsp3) is 0.125. The first-order valence-electron chi connectivity index (χ1n) is 7.47. The summed E-state index contributed by atoms with van der Waals surface area (Å²) in [6.45, 7) is 0. The lowest BCUT2D eigenvalue weighted by Gasteiger charge is -2.11. The number of alkyl halides is 3. The molecule has 0 aliphatic heterocycles. The number of hydrogen-bond donors (Lipinski definition) is 1. The number of aromatic nitrogens is 3. The molecule has 0 saturated heterocycles. The average Bonchev–Trinajstić information content (AvgIpc) is 3.00. The van der Waals surface area contributed by atoms with Gasteiger partial charge in [0, 0.05) is 18.3 Å². The molecule has 0 spiro atoms. The topological polar surface area (TPSA) is 86.1 Å². The van der Waals surface area contributed by atoms with Crippen LogP contribution >= 0.6 is 0 Å². The van der Waals surface area contributed by atoms with Crippen LogP contribution in [0, 0.1) is 0 Å². The van der Waals surface area contributed by atoms with E-state index in [2.05, 4.69) is 19.7 Å². The van der Waals surface area contributed by atoms with Crippen LogP contribution < -0.4 is 9.46 Å². The number of benzene rings is 2. The van der Waals surface area contributed by atoms with E-state index in [0.717, 1.165) is 29.8 Å². The number of nitrogens with zero attached hydrogens (tertiary/aromatic N) is 3. The molecule has 11 heteroatoms. The van der Waals surface area contributed by atoms with Gasteiger partial charge in [-0.25, -0.2) is 8.42 Å². The Bertz CT molecular complexity index is 1030. The first kappa shape index (κ1) is 18.7. The summed E-state index contributed by atoms with van der Waals surface area (Å²) in [6.07, 6.45) is -3.30. The lowest BCUT2D eigenvalue weighted by atomic mass is 10.2. The number of rotatable bonds is 5. The highest BCUT2D eigenvalue weighted by atomic mass is 32.2. The molecule has 1 N–H and O–H groups in total. The van der Waals surface area contributed by atoms with E-state index >= 15 is 0 Å². The fourth-order valence-corrected chi connectivity index (χ4v) is 3.33. The van der Waals surface area contributed by atoms with E-state index in [4.69, 9.17) is 0 Å². The number of ether oxygens (including phenoxy) is 1. The summed E-state index contributed by atoms with van der Waals surface area (Å²) in [5, 5.41) is 7.72. The molecular formula is C16H13F3N4O3S. The van der Waals surface area contributed by atoms with Crippen LogP contribution in [0.5, 0.6) is 5.75 Å². The molecule has 0 atom stereocenters. The fourth-order valence-electron chi connectivity index (χ4n) is 2.27. The van der Waals surface area contributed by atoms with E-state index in [1.165, 1.54) is 6.33 Å². The van der Waals surface area contributed by atoms with Crippen LogP contribution in [0.15, 0.2) is 59.8 Å². The molecule has 27 heavy (non-hydrogen) atoms. The van der Waals surface area contributed by atoms with Gasteiger partial charge >= 0.3 is 6.36 Å².